The molecule has 0 aliphatic carbocycles. The van der Waals surface area contributed by atoms with Crippen molar-refractivity contribution in [2.75, 3.05) is 11.9 Å². The minimum atomic E-state index is -0.269. The summed E-state index contributed by atoms with van der Waals surface area (Å²) < 4.78 is 5.46. The van der Waals surface area contributed by atoms with Crippen LogP contribution < -0.4 is 15.8 Å². The highest BCUT2D eigenvalue weighted by atomic mass is 35.5. The molecule has 0 saturated heterocycles. The Morgan fingerprint density at radius 3 is 2.76 bits per heavy atom. The van der Waals surface area contributed by atoms with Crippen molar-refractivity contribution in [3.8, 4) is 5.75 Å². The summed E-state index contributed by atoms with van der Waals surface area (Å²) in [6.07, 6.45) is 0. The highest BCUT2D eigenvalue weighted by Crippen LogP contribution is 2.21. The quantitative estimate of drug-likeness (QED) is 0.890. The Labute approximate surface area is 128 Å². The van der Waals surface area contributed by atoms with E-state index in [-0.39, 0.29) is 18.6 Å². The number of hydrogen-bond donors (Lipinski definition) is 2. The number of benzene rings is 2. The number of carbonyl (C=O) groups is 1. The molecule has 0 radical (unpaired) electrons. The zero-order valence-electron chi connectivity index (χ0n) is 11.7. The van der Waals surface area contributed by atoms with E-state index in [2.05, 4.69) is 5.32 Å². The molecule has 5 heteroatoms. The summed E-state index contributed by atoms with van der Waals surface area (Å²) in [7, 11) is 0. The summed E-state index contributed by atoms with van der Waals surface area (Å²) >= 11 is 5.97. The maximum absolute atomic E-state index is 11.8. The topological polar surface area (TPSA) is 64.3 Å². The third kappa shape index (κ3) is 4.48. The third-order valence-corrected chi connectivity index (χ3v) is 3.23. The molecule has 0 fully saturated rings. The molecule has 2 aromatic rings. The minimum Gasteiger partial charge on any atom is -0.484 e. The third-order valence-electron chi connectivity index (χ3n) is 2.90. The predicted octanol–water partition coefficient (Wildman–Crippen LogP) is 3.38. The van der Waals surface area contributed by atoms with E-state index >= 15 is 0 Å². The van der Waals surface area contributed by atoms with E-state index in [9.17, 15) is 4.79 Å². The van der Waals surface area contributed by atoms with Crippen LogP contribution in [0.3, 0.4) is 0 Å². The molecule has 2 rings (SSSR count). The van der Waals surface area contributed by atoms with Gasteiger partial charge >= 0.3 is 0 Å². The van der Waals surface area contributed by atoms with E-state index in [1.165, 1.54) is 0 Å². The summed E-state index contributed by atoms with van der Waals surface area (Å²) in [5, 5.41) is 3.19. The molecule has 1 atom stereocenters. The molecule has 0 unspecified atom stereocenters. The number of rotatable bonds is 5. The number of ether oxygens (including phenoxy) is 1. The Hall–Kier alpha value is -2.04. The van der Waals surface area contributed by atoms with Crippen LogP contribution >= 0.6 is 11.6 Å². The summed E-state index contributed by atoms with van der Waals surface area (Å²) in [6, 6.07) is 14.3. The number of para-hydroxylation sites is 1. The van der Waals surface area contributed by atoms with E-state index in [0.29, 0.717) is 16.5 Å². The number of anilines is 1. The normalized spacial score (nSPS) is 11.8. The van der Waals surface area contributed by atoms with Crippen LogP contribution in [0.5, 0.6) is 5.75 Å². The van der Waals surface area contributed by atoms with E-state index in [1.807, 2.05) is 25.1 Å². The van der Waals surface area contributed by atoms with Crippen molar-refractivity contribution in [2.24, 2.45) is 5.73 Å². The number of hydrogen-bond acceptors (Lipinski definition) is 3. The van der Waals surface area contributed by atoms with Crippen molar-refractivity contribution in [1.82, 2.24) is 0 Å². The monoisotopic (exact) mass is 304 g/mol. The number of halogens is 1. The fourth-order valence-electron chi connectivity index (χ4n) is 1.79. The Morgan fingerprint density at radius 2 is 2.05 bits per heavy atom. The Balaban J connectivity index is 1.92. The molecule has 0 heterocycles. The van der Waals surface area contributed by atoms with Crippen molar-refractivity contribution >= 4 is 23.2 Å². The summed E-state index contributed by atoms with van der Waals surface area (Å²) in [5.74, 6) is 0.341. The van der Waals surface area contributed by atoms with Crippen LogP contribution in [-0.4, -0.2) is 12.5 Å². The van der Waals surface area contributed by atoms with Gasteiger partial charge in [-0.3, -0.25) is 4.79 Å². The van der Waals surface area contributed by atoms with Crippen LogP contribution in [0.2, 0.25) is 5.02 Å². The second kappa shape index (κ2) is 7.11. The van der Waals surface area contributed by atoms with Gasteiger partial charge in [-0.1, -0.05) is 35.9 Å². The van der Waals surface area contributed by atoms with Crippen LogP contribution in [-0.2, 0) is 4.79 Å². The second-order valence-corrected chi connectivity index (χ2v) is 5.09. The number of nitrogens with two attached hydrogens (primary N) is 1. The van der Waals surface area contributed by atoms with E-state index in [4.69, 9.17) is 22.1 Å². The molecule has 4 nitrogen and oxygen atoms in total. The van der Waals surface area contributed by atoms with Crippen molar-refractivity contribution in [3.63, 3.8) is 0 Å². The Morgan fingerprint density at radius 1 is 1.29 bits per heavy atom. The van der Waals surface area contributed by atoms with Crippen LogP contribution in [0, 0.1) is 0 Å². The van der Waals surface area contributed by atoms with Gasteiger partial charge in [-0.2, -0.15) is 0 Å². The number of amides is 1. The first-order valence-corrected chi connectivity index (χ1v) is 6.97. The van der Waals surface area contributed by atoms with Crippen molar-refractivity contribution in [2.45, 2.75) is 13.0 Å². The van der Waals surface area contributed by atoms with Gasteiger partial charge in [-0.05, 0) is 36.8 Å². The molecule has 0 bridgehead atoms. The molecule has 3 N–H and O–H groups in total. The van der Waals surface area contributed by atoms with Gasteiger partial charge in [0.2, 0.25) is 0 Å². The second-order valence-electron chi connectivity index (χ2n) is 4.68. The van der Waals surface area contributed by atoms with Gasteiger partial charge in [-0.15, -0.1) is 0 Å². The molecule has 0 aromatic heterocycles. The molecule has 2 aromatic carbocycles. The maximum Gasteiger partial charge on any atom is 0.262 e. The van der Waals surface area contributed by atoms with Crippen LogP contribution in [0.25, 0.3) is 0 Å². The molecule has 21 heavy (non-hydrogen) atoms. The van der Waals surface area contributed by atoms with E-state index < -0.39 is 0 Å². The van der Waals surface area contributed by atoms with Gasteiger partial charge in [-0.25, -0.2) is 0 Å². The molecular weight excluding hydrogens is 288 g/mol. The zero-order valence-corrected chi connectivity index (χ0v) is 12.4. The molecule has 0 saturated carbocycles. The van der Waals surface area contributed by atoms with Crippen molar-refractivity contribution in [1.29, 1.82) is 0 Å². The lowest BCUT2D eigenvalue weighted by molar-refractivity contribution is -0.118. The molecule has 0 aliphatic rings. The lowest BCUT2D eigenvalue weighted by Gasteiger charge is -2.10. The lowest BCUT2D eigenvalue weighted by Crippen LogP contribution is -2.20. The van der Waals surface area contributed by atoms with Crippen molar-refractivity contribution in [3.05, 3.63) is 59.1 Å². The molecule has 0 spiro atoms. The predicted molar refractivity (Wildman–Crippen MR) is 84.6 cm³/mol. The number of nitrogens with one attached hydrogen (secondary N) is 1. The van der Waals surface area contributed by atoms with E-state index in [1.54, 1.807) is 30.3 Å². The fourth-order valence-corrected chi connectivity index (χ4v) is 1.97. The highest BCUT2D eigenvalue weighted by Gasteiger charge is 2.07. The minimum absolute atomic E-state index is 0.0782. The molecule has 0 aliphatic heterocycles. The number of carbonyl (C=O) groups excluding carboxylic acids is 1. The van der Waals surface area contributed by atoms with Gasteiger partial charge in [0.15, 0.2) is 6.61 Å². The zero-order chi connectivity index (χ0) is 15.2. The first-order valence-electron chi connectivity index (χ1n) is 6.59. The van der Waals surface area contributed by atoms with Crippen LogP contribution in [0.4, 0.5) is 5.69 Å². The average molecular weight is 305 g/mol. The van der Waals surface area contributed by atoms with E-state index in [0.717, 1.165) is 5.56 Å². The van der Waals surface area contributed by atoms with Gasteiger partial charge in [0.05, 0.1) is 10.7 Å². The largest absolute Gasteiger partial charge is 0.484 e. The standard InChI is InChI=1S/C16H17ClN2O2/c1-11(18)12-5-4-6-13(9-12)21-10-16(20)19-15-8-3-2-7-14(15)17/h2-9,11H,10,18H2,1H3,(H,19,20)/t11-/m0/s1. The average Bonchev–Trinajstić information content (AvgIpc) is 2.48. The first kappa shape index (κ1) is 15.4. The maximum atomic E-state index is 11.8. The van der Waals surface area contributed by atoms with Gasteiger partial charge in [0.1, 0.15) is 5.75 Å². The molecule has 110 valence electrons. The Bertz CT molecular complexity index is 629. The van der Waals surface area contributed by atoms with Crippen LogP contribution in [0.15, 0.2) is 48.5 Å². The summed E-state index contributed by atoms with van der Waals surface area (Å²) in [5.41, 5.74) is 7.33. The van der Waals surface area contributed by atoms with Crippen molar-refractivity contribution < 1.29 is 9.53 Å². The van der Waals surface area contributed by atoms with Gasteiger partial charge in [0, 0.05) is 6.04 Å². The SMILES string of the molecule is C[C@H](N)c1cccc(OCC(=O)Nc2ccccc2Cl)c1. The summed E-state index contributed by atoms with van der Waals surface area (Å²) in [6.45, 7) is 1.80. The highest BCUT2D eigenvalue weighted by molar-refractivity contribution is 6.33. The van der Waals surface area contributed by atoms with Crippen LogP contribution in [0.1, 0.15) is 18.5 Å². The summed E-state index contributed by atoms with van der Waals surface area (Å²) in [4.78, 5) is 11.8. The first-order chi connectivity index (χ1) is 10.1. The van der Waals surface area contributed by atoms with Gasteiger partial charge < -0.3 is 15.8 Å². The Kier molecular flexibility index (Phi) is 5.20. The fraction of sp³-hybridized carbons (Fsp3) is 0.188. The van der Waals surface area contributed by atoms with Gasteiger partial charge in [0.25, 0.3) is 5.91 Å². The molecule has 1 amide bonds. The lowest BCUT2D eigenvalue weighted by atomic mass is 10.1. The molecular formula is C16H17ClN2O2. The smallest absolute Gasteiger partial charge is 0.262 e.